The van der Waals surface area contributed by atoms with E-state index in [1.165, 1.54) is 16.6 Å². The second-order valence-corrected chi connectivity index (χ2v) is 8.77. The molecule has 29 heavy (non-hydrogen) atoms. The van der Waals surface area contributed by atoms with Gasteiger partial charge in [0.2, 0.25) is 0 Å². The Kier molecular flexibility index (Phi) is 7.41. The first-order valence-electron chi connectivity index (χ1n) is 11.2. The lowest BCUT2D eigenvalue weighted by molar-refractivity contribution is -0.143. The van der Waals surface area contributed by atoms with Crippen LogP contribution in [0.25, 0.3) is 0 Å². The van der Waals surface area contributed by atoms with Crippen molar-refractivity contribution in [2.75, 3.05) is 26.2 Å². The molecular formula is C23H36BNO4. The van der Waals surface area contributed by atoms with Crippen LogP contribution in [0.15, 0.2) is 18.2 Å². The largest absolute Gasteiger partial charge is 0.494 e. The van der Waals surface area contributed by atoms with Crippen LogP contribution in [0.5, 0.6) is 0 Å². The van der Waals surface area contributed by atoms with Gasteiger partial charge in [0.25, 0.3) is 0 Å². The topological polar surface area (TPSA) is 48.0 Å². The summed E-state index contributed by atoms with van der Waals surface area (Å²) in [5, 5.41) is 0. The van der Waals surface area contributed by atoms with Crippen molar-refractivity contribution in [3.05, 3.63) is 29.3 Å². The summed E-state index contributed by atoms with van der Waals surface area (Å²) < 4.78 is 17.5. The zero-order valence-electron chi connectivity index (χ0n) is 18.7. The molecule has 0 saturated carbocycles. The van der Waals surface area contributed by atoms with E-state index in [0.717, 1.165) is 38.9 Å². The van der Waals surface area contributed by atoms with Crippen LogP contribution < -0.4 is 5.46 Å². The Balaban J connectivity index is 1.65. The zero-order valence-corrected chi connectivity index (χ0v) is 18.7. The molecule has 3 rings (SSSR count). The molecular weight excluding hydrogens is 365 g/mol. The third kappa shape index (κ3) is 5.22. The van der Waals surface area contributed by atoms with Crippen LogP contribution in [-0.4, -0.2) is 55.9 Å². The van der Waals surface area contributed by atoms with Gasteiger partial charge in [-0.05, 0) is 82.6 Å². The molecule has 0 bridgehead atoms. The third-order valence-corrected chi connectivity index (χ3v) is 6.54. The van der Waals surface area contributed by atoms with E-state index >= 15 is 0 Å². The predicted octanol–water partition coefficient (Wildman–Crippen LogP) is 3.29. The lowest BCUT2D eigenvalue weighted by Crippen LogP contribution is -2.39. The molecule has 1 aromatic rings. The number of piperidine rings is 1. The molecule has 0 aliphatic carbocycles. The molecule has 1 atom stereocenters. The van der Waals surface area contributed by atoms with E-state index in [0.29, 0.717) is 18.9 Å². The molecule has 0 N–H and O–H groups in total. The number of nitrogens with zero attached hydrogens (tertiary/aromatic N) is 1. The first-order chi connectivity index (χ1) is 13.9. The van der Waals surface area contributed by atoms with Gasteiger partial charge in [0.05, 0.1) is 24.7 Å². The maximum Gasteiger partial charge on any atom is 0.494 e. The van der Waals surface area contributed by atoms with Crippen molar-refractivity contribution in [1.29, 1.82) is 0 Å². The number of ether oxygens (including phenoxy) is 1. The lowest BCUT2D eigenvalue weighted by atomic mass is 9.72. The van der Waals surface area contributed by atoms with Crippen molar-refractivity contribution in [3.8, 4) is 0 Å². The highest BCUT2D eigenvalue weighted by molar-refractivity contribution is 6.62. The van der Waals surface area contributed by atoms with Crippen LogP contribution in [-0.2, 0) is 25.3 Å². The van der Waals surface area contributed by atoms with Crippen molar-refractivity contribution in [2.24, 2.45) is 0 Å². The molecule has 0 aromatic heterocycles. The van der Waals surface area contributed by atoms with Gasteiger partial charge in [-0.2, -0.15) is 0 Å². The van der Waals surface area contributed by atoms with Gasteiger partial charge < -0.3 is 18.9 Å². The van der Waals surface area contributed by atoms with E-state index in [9.17, 15) is 4.79 Å². The van der Waals surface area contributed by atoms with Crippen molar-refractivity contribution < 1.29 is 18.8 Å². The fraction of sp³-hybridized carbons (Fsp3) is 0.696. The maximum absolute atomic E-state index is 11.6. The summed E-state index contributed by atoms with van der Waals surface area (Å²) in [4.78, 5) is 14.0. The number of benzene rings is 1. The predicted molar refractivity (Wildman–Crippen MR) is 117 cm³/mol. The molecule has 0 radical (unpaired) electrons. The van der Waals surface area contributed by atoms with Crippen LogP contribution in [0.4, 0.5) is 0 Å². The van der Waals surface area contributed by atoms with Crippen molar-refractivity contribution in [3.63, 3.8) is 0 Å². The summed E-state index contributed by atoms with van der Waals surface area (Å²) in [5.41, 5.74) is 3.75. The summed E-state index contributed by atoms with van der Waals surface area (Å²) in [5.74, 6) is 0.458. The van der Waals surface area contributed by atoms with Crippen LogP contribution >= 0.6 is 0 Å². The summed E-state index contributed by atoms with van der Waals surface area (Å²) in [6.45, 7) is 13.7. The normalized spacial score (nSPS) is 22.8. The van der Waals surface area contributed by atoms with Gasteiger partial charge in [0.1, 0.15) is 0 Å². The van der Waals surface area contributed by atoms with Gasteiger partial charge in [-0.1, -0.05) is 25.1 Å². The van der Waals surface area contributed by atoms with Gasteiger partial charge in [-0.3, -0.25) is 4.79 Å². The van der Waals surface area contributed by atoms with E-state index in [4.69, 9.17) is 14.0 Å². The fourth-order valence-corrected chi connectivity index (χ4v) is 4.47. The van der Waals surface area contributed by atoms with E-state index in [1.807, 2.05) is 6.92 Å². The first-order valence-corrected chi connectivity index (χ1v) is 11.2. The highest BCUT2D eigenvalue weighted by atomic mass is 16.7. The van der Waals surface area contributed by atoms with Crippen LogP contribution in [0.2, 0.25) is 0 Å². The Labute approximate surface area is 176 Å². The Morgan fingerprint density at radius 1 is 1.28 bits per heavy atom. The monoisotopic (exact) mass is 401 g/mol. The number of rotatable bonds is 7. The van der Waals surface area contributed by atoms with Gasteiger partial charge >= 0.3 is 13.1 Å². The summed E-state index contributed by atoms with van der Waals surface area (Å²) in [6, 6.07) is 6.60. The minimum Gasteiger partial charge on any atom is -0.466 e. The molecule has 0 amide bonds. The average molecular weight is 401 g/mol. The standard InChI is InChI=1S/C23H36BNO4/c1-6-19-20(9-8-10-21(19)24-28-17(3)23(4,5)29-24)18-11-14-25(15-12-18)16-13-22(26)27-7-2/h8-10,17-18H,6-7,11-16H2,1-5H3. The van der Waals surface area contributed by atoms with E-state index in [2.05, 4.69) is 50.8 Å². The molecule has 0 spiro atoms. The second kappa shape index (κ2) is 9.63. The van der Waals surface area contributed by atoms with E-state index < -0.39 is 0 Å². The Hall–Kier alpha value is -1.37. The minimum atomic E-state index is -0.278. The molecule has 2 aliphatic rings. The lowest BCUT2D eigenvalue weighted by Gasteiger charge is -2.33. The molecule has 2 saturated heterocycles. The quantitative estimate of drug-likeness (QED) is 0.518. The van der Waals surface area contributed by atoms with E-state index in [-0.39, 0.29) is 24.8 Å². The zero-order chi connectivity index (χ0) is 21.0. The summed E-state index contributed by atoms with van der Waals surface area (Å²) in [7, 11) is -0.278. The molecule has 2 fully saturated rings. The van der Waals surface area contributed by atoms with Crippen LogP contribution in [0, 0.1) is 0 Å². The van der Waals surface area contributed by atoms with E-state index in [1.54, 1.807) is 0 Å². The summed E-state index contributed by atoms with van der Waals surface area (Å²) in [6.07, 6.45) is 3.77. The minimum absolute atomic E-state index is 0.0727. The molecule has 5 nitrogen and oxygen atoms in total. The van der Waals surface area contributed by atoms with Gasteiger partial charge in [-0.15, -0.1) is 0 Å². The first kappa shape index (κ1) is 22.3. The number of hydrogen-bond acceptors (Lipinski definition) is 5. The highest BCUT2D eigenvalue weighted by Gasteiger charge is 2.44. The molecule has 1 aromatic carbocycles. The number of carbonyl (C=O) groups is 1. The molecule has 2 heterocycles. The van der Waals surface area contributed by atoms with Crippen molar-refractivity contribution in [1.82, 2.24) is 4.90 Å². The SMILES string of the molecule is CCOC(=O)CCN1CCC(c2cccc(B3OC(C)C(C)(C)O3)c2CC)CC1. The van der Waals surface area contributed by atoms with Gasteiger partial charge in [-0.25, -0.2) is 0 Å². The molecule has 160 valence electrons. The summed E-state index contributed by atoms with van der Waals surface area (Å²) >= 11 is 0. The smallest absolute Gasteiger partial charge is 0.466 e. The second-order valence-electron chi connectivity index (χ2n) is 8.77. The van der Waals surface area contributed by atoms with Gasteiger partial charge in [0.15, 0.2) is 0 Å². The third-order valence-electron chi connectivity index (χ3n) is 6.54. The highest BCUT2D eigenvalue weighted by Crippen LogP contribution is 2.32. The Bertz CT molecular complexity index is 700. The Morgan fingerprint density at radius 3 is 2.59 bits per heavy atom. The van der Waals surface area contributed by atoms with Crippen LogP contribution in [0.1, 0.15) is 70.9 Å². The number of likely N-dealkylation sites (tertiary alicyclic amines) is 1. The number of carbonyl (C=O) groups excluding carboxylic acids is 1. The average Bonchev–Trinajstić information content (AvgIpc) is 2.99. The molecule has 6 heteroatoms. The van der Waals surface area contributed by atoms with Gasteiger partial charge in [0, 0.05) is 6.54 Å². The maximum atomic E-state index is 11.6. The van der Waals surface area contributed by atoms with Crippen molar-refractivity contribution >= 4 is 18.6 Å². The molecule has 2 aliphatic heterocycles. The van der Waals surface area contributed by atoms with Crippen molar-refractivity contribution in [2.45, 2.75) is 77.9 Å². The molecule has 1 unspecified atom stereocenters. The Morgan fingerprint density at radius 2 is 2.00 bits per heavy atom. The van der Waals surface area contributed by atoms with Crippen LogP contribution in [0.3, 0.4) is 0 Å². The fourth-order valence-electron chi connectivity index (χ4n) is 4.47. The number of esters is 1. The number of hydrogen-bond donors (Lipinski definition) is 0.